The molecule has 3 nitrogen and oxygen atoms in total. The van der Waals surface area contributed by atoms with Gasteiger partial charge in [0, 0.05) is 19.5 Å². The molecule has 0 aliphatic carbocycles. The van der Waals surface area contributed by atoms with E-state index in [0.717, 1.165) is 18.7 Å². The lowest BCUT2D eigenvalue weighted by Crippen LogP contribution is -2.44. The van der Waals surface area contributed by atoms with E-state index in [1.54, 1.807) is 0 Å². The summed E-state index contributed by atoms with van der Waals surface area (Å²) in [5.74, 6) is -0.184. The van der Waals surface area contributed by atoms with Gasteiger partial charge in [-0.15, -0.1) is 0 Å². The molecule has 1 unspecified atom stereocenters. The van der Waals surface area contributed by atoms with Crippen LogP contribution in [0.5, 0.6) is 0 Å². The molecule has 0 saturated carbocycles. The Hall–Kier alpha value is -1.40. The minimum Gasteiger partial charge on any atom is -0.368 e. The van der Waals surface area contributed by atoms with Gasteiger partial charge in [-0.2, -0.15) is 13.2 Å². The second-order valence-corrected chi connectivity index (χ2v) is 4.96. The van der Waals surface area contributed by atoms with Crippen molar-refractivity contribution in [3.63, 3.8) is 0 Å². The summed E-state index contributed by atoms with van der Waals surface area (Å²) < 4.78 is 43.2. The number of ketones is 1. The topological polar surface area (TPSA) is 29.5 Å². The SMILES string of the molecule is CN1CCOC(C(=O)Cc2cccc(C(F)(F)F)c2)C1. The van der Waals surface area contributed by atoms with Crippen LogP contribution in [0, 0.1) is 0 Å². The standard InChI is InChI=1S/C14H16F3NO2/c1-18-5-6-20-13(9-18)12(19)8-10-3-2-4-11(7-10)14(15,16)17/h2-4,7,13H,5-6,8-9H2,1H3. The lowest BCUT2D eigenvalue weighted by Gasteiger charge is -2.29. The zero-order valence-corrected chi connectivity index (χ0v) is 11.1. The molecule has 1 aromatic carbocycles. The number of halogens is 3. The molecule has 20 heavy (non-hydrogen) atoms. The fourth-order valence-corrected chi connectivity index (χ4v) is 2.15. The summed E-state index contributed by atoms with van der Waals surface area (Å²) in [7, 11) is 1.88. The van der Waals surface area contributed by atoms with Crippen LogP contribution >= 0.6 is 0 Å². The molecule has 0 N–H and O–H groups in total. The zero-order valence-electron chi connectivity index (χ0n) is 11.1. The molecule has 0 spiro atoms. The van der Waals surface area contributed by atoms with Crippen LogP contribution in [0.4, 0.5) is 13.2 Å². The van der Waals surface area contributed by atoms with Gasteiger partial charge < -0.3 is 9.64 Å². The molecular weight excluding hydrogens is 271 g/mol. The predicted molar refractivity (Wildman–Crippen MR) is 67.4 cm³/mol. The molecule has 2 rings (SSSR count). The quantitative estimate of drug-likeness (QED) is 0.853. The number of alkyl halides is 3. The number of rotatable bonds is 3. The maximum Gasteiger partial charge on any atom is 0.416 e. The molecule has 1 aromatic rings. The van der Waals surface area contributed by atoms with E-state index in [1.165, 1.54) is 12.1 Å². The second-order valence-electron chi connectivity index (χ2n) is 4.96. The number of hydrogen-bond acceptors (Lipinski definition) is 3. The van der Waals surface area contributed by atoms with Crippen LogP contribution in [-0.4, -0.2) is 43.5 Å². The third kappa shape index (κ3) is 3.80. The molecule has 1 fully saturated rings. The Morgan fingerprint density at radius 1 is 1.45 bits per heavy atom. The summed E-state index contributed by atoms with van der Waals surface area (Å²) in [5.41, 5.74) is -0.369. The van der Waals surface area contributed by atoms with E-state index < -0.39 is 17.8 Å². The van der Waals surface area contributed by atoms with Gasteiger partial charge in [0.05, 0.1) is 12.2 Å². The van der Waals surface area contributed by atoms with Crippen molar-refractivity contribution in [2.75, 3.05) is 26.7 Å². The summed E-state index contributed by atoms with van der Waals surface area (Å²) in [6.07, 6.45) is -4.98. The van der Waals surface area contributed by atoms with Gasteiger partial charge in [-0.25, -0.2) is 0 Å². The van der Waals surface area contributed by atoms with Gasteiger partial charge in [0.1, 0.15) is 6.10 Å². The number of morpholine rings is 1. The van der Waals surface area contributed by atoms with Crippen molar-refractivity contribution in [2.24, 2.45) is 0 Å². The van der Waals surface area contributed by atoms with E-state index in [2.05, 4.69) is 0 Å². The third-order valence-corrected chi connectivity index (χ3v) is 3.26. The third-order valence-electron chi connectivity index (χ3n) is 3.26. The van der Waals surface area contributed by atoms with Gasteiger partial charge in [0.2, 0.25) is 0 Å². The monoisotopic (exact) mass is 287 g/mol. The molecule has 0 bridgehead atoms. The minimum atomic E-state index is -4.39. The summed E-state index contributed by atoms with van der Waals surface area (Å²) in [4.78, 5) is 14.0. The number of hydrogen-bond donors (Lipinski definition) is 0. The zero-order chi connectivity index (χ0) is 14.8. The van der Waals surface area contributed by atoms with Crippen LogP contribution in [0.15, 0.2) is 24.3 Å². The van der Waals surface area contributed by atoms with Crippen LogP contribution in [0.1, 0.15) is 11.1 Å². The van der Waals surface area contributed by atoms with E-state index in [1.807, 2.05) is 11.9 Å². The van der Waals surface area contributed by atoms with Gasteiger partial charge in [0.15, 0.2) is 5.78 Å². The van der Waals surface area contributed by atoms with Crippen molar-refractivity contribution in [3.05, 3.63) is 35.4 Å². The average Bonchev–Trinajstić information content (AvgIpc) is 2.38. The lowest BCUT2D eigenvalue weighted by atomic mass is 10.0. The lowest BCUT2D eigenvalue weighted by molar-refractivity contribution is -0.138. The van der Waals surface area contributed by atoms with Crippen molar-refractivity contribution in [2.45, 2.75) is 18.7 Å². The highest BCUT2D eigenvalue weighted by Crippen LogP contribution is 2.29. The molecule has 0 amide bonds. The van der Waals surface area contributed by atoms with Crippen LogP contribution in [-0.2, 0) is 22.1 Å². The molecular formula is C14H16F3NO2. The van der Waals surface area contributed by atoms with Gasteiger partial charge in [0.25, 0.3) is 0 Å². The Balaban J connectivity index is 2.04. The second kappa shape index (κ2) is 5.93. The number of Topliss-reactive ketones (excluding diaryl/α,β-unsaturated/α-hetero) is 1. The van der Waals surface area contributed by atoms with Crippen molar-refractivity contribution < 1.29 is 22.7 Å². The minimum absolute atomic E-state index is 0.0393. The van der Waals surface area contributed by atoms with Gasteiger partial charge in [-0.05, 0) is 18.7 Å². The van der Waals surface area contributed by atoms with Crippen molar-refractivity contribution in [1.29, 1.82) is 0 Å². The van der Waals surface area contributed by atoms with Gasteiger partial charge in [-0.1, -0.05) is 18.2 Å². The fraction of sp³-hybridized carbons (Fsp3) is 0.500. The maximum absolute atomic E-state index is 12.6. The van der Waals surface area contributed by atoms with E-state index in [0.29, 0.717) is 18.7 Å². The Labute approximate surface area is 115 Å². The number of carbonyl (C=O) groups excluding carboxylic acids is 1. The number of benzene rings is 1. The fourth-order valence-electron chi connectivity index (χ4n) is 2.15. The Kier molecular flexibility index (Phi) is 4.45. The van der Waals surface area contributed by atoms with E-state index >= 15 is 0 Å². The summed E-state index contributed by atoms with van der Waals surface area (Å²) in [6.45, 7) is 1.71. The van der Waals surface area contributed by atoms with Crippen molar-refractivity contribution >= 4 is 5.78 Å². The largest absolute Gasteiger partial charge is 0.416 e. The van der Waals surface area contributed by atoms with Gasteiger partial charge >= 0.3 is 6.18 Å². The molecule has 0 aromatic heterocycles. The van der Waals surface area contributed by atoms with E-state index in [4.69, 9.17) is 4.74 Å². The first-order chi connectivity index (χ1) is 9.36. The first-order valence-corrected chi connectivity index (χ1v) is 6.35. The molecule has 1 heterocycles. The predicted octanol–water partition coefficient (Wildman–Crippen LogP) is 2.15. The van der Waals surface area contributed by atoms with Crippen LogP contribution in [0.2, 0.25) is 0 Å². The highest BCUT2D eigenvalue weighted by molar-refractivity contribution is 5.85. The molecule has 1 aliphatic heterocycles. The number of carbonyl (C=O) groups is 1. The van der Waals surface area contributed by atoms with Gasteiger partial charge in [-0.3, -0.25) is 4.79 Å². The van der Waals surface area contributed by atoms with E-state index in [-0.39, 0.29) is 12.2 Å². The average molecular weight is 287 g/mol. The molecule has 110 valence electrons. The number of nitrogens with zero attached hydrogens (tertiary/aromatic N) is 1. The first-order valence-electron chi connectivity index (χ1n) is 6.35. The number of likely N-dealkylation sites (N-methyl/N-ethyl adjacent to an activating group) is 1. The normalized spacial score (nSPS) is 20.9. The molecule has 1 atom stereocenters. The summed E-state index contributed by atoms with van der Waals surface area (Å²) >= 11 is 0. The highest BCUT2D eigenvalue weighted by atomic mass is 19.4. The Bertz CT molecular complexity index is 488. The smallest absolute Gasteiger partial charge is 0.368 e. The Morgan fingerprint density at radius 3 is 2.85 bits per heavy atom. The molecule has 1 aliphatic rings. The summed E-state index contributed by atoms with van der Waals surface area (Å²) in [6, 6.07) is 4.86. The van der Waals surface area contributed by atoms with Crippen LogP contribution in [0.25, 0.3) is 0 Å². The Morgan fingerprint density at radius 2 is 2.20 bits per heavy atom. The summed E-state index contributed by atoms with van der Waals surface area (Å²) in [5, 5.41) is 0. The maximum atomic E-state index is 12.6. The molecule has 0 radical (unpaired) electrons. The first kappa shape index (κ1) is 15.0. The molecule has 1 saturated heterocycles. The van der Waals surface area contributed by atoms with Crippen molar-refractivity contribution in [1.82, 2.24) is 4.90 Å². The van der Waals surface area contributed by atoms with Crippen molar-refractivity contribution in [3.8, 4) is 0 Å². The van der Waals surface area contributed by atoms with Crippen LogP contribution < -0.4 is 0 Å². The number of ether oxygens (including phenoxy) is 1. The van der Waals surface area contributed by atoms with E-state index in [9.17, 15) is 18.0 Å². The highest BCUT2D eigenvalue weighted by Gasteiger charge is 2.31. The molecule has 6 heteroatoms. The van der Waals surface area contributed by atoms with Crippen LogP contribution in [0.3, 0.4) is 0 Å².